The van der Waals surface area contributed by atoms with Gasteiger partial charge in [-0.1, -0.05) is 6.07 Å². The SMILES string of the molecule is c1ccn2cc(CN3CCN(c4ncnc5ccsc45)CC3)nc2c1. The maximum absolute atomic E-state index is 4.71. The molecular formula is C18H18N6S. The van der Waals surface area contributed by atoms with Crippen LogP contribution in [0.1, 0.15) is 5.69 Å². The molecule has 0 radical (unpaired) electrons. The lowest BCUT2D eigenvalue weighted by molar-refractivity contribution is 0.247. The van der Waals surface area contributed by atoms with Gasteiger partial charge in [-0.15, -0.1) is 11.3 Å². The van der Waals surface area contributed by atoms with E-state index >= 15 is 0 Å². The van der Waals surface area contributed by atoms with Crippen LogP contribution in [0.15, 0.2) is 48.4 Å². The lowest BCUT2D eigenvalue weighted by Gasteiger charge is -2.35. The first-order chi connectivity index (χ1) is 12.4. The van der Waals surface area contributed by atoms with Gasteiger partial charge in [-0.25, -0.2) is 15.0 Å². The molecule has 0 spiro atoms. The largest absolute Gasteiger partial charge is 0.353 e. The molecule has 4 aromatic rings. The van der Waals surface area contributed by atoms with Crippen molar-refractivity contribution in [3.05, 3.63) is 54.1 Å². The highest BCUT2D eigenvalue weighted by atomic mass is 32.1. The van der Waals surface area contributed by atoms with Crippen molar-refractivity contribution in [2.45, 2.75) is 6.54 Å². The highest BCUT2D eigenvalue weighted by molar-refractivity contribution is 7.17. The number of anilines is 1. The first-order valence-corrected chi connectivity index (χ1v) is 9.33. The number of imidazole rings is 1. The van der Waals surface area contributed by atoms with Crippen molar-refractivity contribution >= 4 is 33.0 Å². The third-order valence-corrected chi connectivity index (χ3v) is 5.60. The molecule has 7 heteroatoms. The number of fused-ring (bicyclic) bond motifs is 2. The number of nitrogens with zero attached hydrogens (tertiary/aromatic N) is 6. The lowest BCUT2D eigenvalue weighted by Crippen LogP contribution is -2.46. The number of hydrogen-bond donors (Lipinski definition) is 0. The highest BCUT2D eigenvalue weighted by Crippen LogP contribution is 2.28. The molecule has 0 amide bonds. The Hall–Kier alpha value is -2.51. The monoisotopic (exact) mass is 350 g/mol. The molecule has 6 nitrogen and oxygen atoms in total. The Morgan fingerprint density at radius 1 is 1.04 bits per heavy atom. The van der Waals surface area contributed by atoms with Gasteiger partial charge in [-0.2, -0.15) is 0 Å². The van der Waals surface area contributed by atoms with E-state index in [1.807, 2.05) is 24.4 Å². The van der Waals surface area contributed by atoms with Crippen LogP contribution < -0.4 is 4.90 Å². The van der Waals surface area contributed by atoms with Crippen molar-refractivity contribution in [2.24, 2.45) is 0 Å². The molecule has 5 rings (SSSR count). The molecule has 0 saturated carbocycles. The maximum atomic E-state index is 4.71. The summed E-state index contributed by atoms with van der Waals surface area (Å²) < 4.78 is 3.27. The minimum absolute atomic E-state index is 0.897. The van der Waals surface area contributed by atoms with Gasteiger partial charge in [0.25, 0.3) is 0 Å². The number of pyridine rings is 1. The fourth-order valence-electron chi connectivity index (χ4n) is 3.41. The molecule has 126 valence electrons. The van der Waals surface area contributed by atoms with Crippen molar-refractivity contribution in [3.8, 4) is 0 Å². The van der Waals surface area contributed by atoms with Crippen LogP contribution in [-0.4, -0.2) is 50.4 Å². The average Bonchev–Trinajstić information content (AvgIpc) is 3.28. The zero-order valence-electron chi connectivity index (χ0n) is 13.7. The molecule has 0 aliphatic carbocycles. The van der Waals surface area contributed by atoms with E-state index in [4.69, 9.17) is 4.98 Å². The Kier molecular flexibility index (Phi) is 3.61. The van der Waals surface area contributed by atoms with E-state index in [1.165, 1.54) is 4.70 Å². The summed E-state index contributed by atoms with van der Waals surface area (Å²) in [6, 6.07) is 8.16. The van der Waals surface area contributed by atoms with Gasteiger partial charge in [-0.3, -0.25) is 4.90 Å². The smallest absolute Gasteiger partial charge is 0.150 e. The summed E-state index contributed by atoms with van der Waals surface area (Å²) >= 11 is 1.72. The van der Waals surface area contributed by atoms with E-state index < -0.39 is 0 Å². The van der Waals surface area contributed by atoms with Crippen LogP contribution in [0.25, 0.3) is 15.9 Å². The number of thiophene rings is 1. The van der Waals surface area contributed by atoms with Crippen molar-refractivity contribution in [2.75, 3.05) is 31.1 Å². The predicted octanol–water partition coefficient (Wildman–Crippen LogP) is 2.66. The van der Waals surface area contributed by atoms with Crippen molar-refractivity contribution < 1.29 is 0 Å². The zero-order valence-corrected chi connectivity index (χ0v) is 14.6. The van der Waals surface area contributed by atoms with E-state index in [0.717, 1.165) is 55.4 Å². The average molecular weight is 350 g/mol. The maximum Gasteiger partial charge on any atom is 0.150 e. The molecule has 1 aliphatic rings. The molecule has 0 unspecified atom stereocenters. The second-order valence-corrected chi connectivity index (χ2v) is 7.21. The van der Waals surface area contributed by atoms with E-state index in [2.05, 4.69) is 41.8 Å². The number of hydrogen-bond acceptors (Lipinski definition) is 6. The Labute approximate surface area is 149 Å². The Bertz CT molecular complexity index is 981. The number of rotatable bonds is 3. The number of piperazine rings is 1. The van der Waals surface area contributed by atoms with Gasteiger partial charge in [0.05, 0.1) is 15.9 Å². The minimum atomic E-state index is 0.897. The second kappa shape index (κ2) is 6.09. The van der Waals surface area contributed by atoms with Gasteiger partial charge in [0.1, 0.15) is 17.8 Å². The van der Waals surface area contributed by atoms with E-state index in [9.17, 15) is 0 Å². The molecule has 0 aromatic carbocycles. The molecule has 4 aromatic heterocycles. The van der Waals surface area contributed by atoms with Crippen LogP contribution in [-0.2, 0) is 6.54 Å². The Morgan fingerprint density at radius 2 is 1.96 bits per heavy atom. The van der Waals surface area contributed by atoms with E-state index in [-0.39, 0.29) is 0 Å². The van der Waals surface area contributed by atoms with Crippen molar-refractivity contribution in [3.63, 3.8) is 0 Å². The third-order valence-electron chi connectivity index (χ3n) is 4.70. The molecular weight excluding hydrogens is 332 g/mol. The fraction of sp³-hybridized carbons (Fsp3) is 0.278. The van der Waals surface area contributed by atoms with Crippen LogP contribution in [0.5, 0.6) is 0 Å². The third kappa shape index (κ3) is 2.75. The number of aromatic nitrogens is 4. The van der Waals surface area contributed by atoms with Crippen molar-refractivity contribution in [1.29, 1.82) is 0 Å². The molecule has 1 saturated heterocycles. The first-order valence-electron chi connectivity index (χ1n) is 8.45. The van der Waals surface area contributed by atoms with Crippen LogP contribution >= 0.6 is 11.3 Å². The summed E-state index contributed by atoms with van der Waals surface area (Å²) in [6.45, 7) is 4.90. The Balaban J connectivity index is 1.29. The summed E-state index contributed by atoms with van der Waals surface area (Å²) in [5, 5.41) is 2.09. The predicted molar refractivity (Wildman–Crippen MR) is 100 cm³/mol. The van der Waals surface area contributed by atoms with Gasteiger partial charge in [-0.05, 0) is 23.6 Å². The molecule has 0 N–H and O–H groups in total. The highest BCUT2D eigenvalue weighted by Gasteiger charge is 2.21. The standard InChI is InChI=1S/C18H18N6S/c1-2-5-24-12-14(21-16(24)3-1)11-22-6-8-23(9-7-22)18-17-15(4-10-25-17)19-13-20-18/h1-5,10,12-13H,6-9,11H2. The van der Waals surface area contributed by atoms with Crippen LogP contribution in [0.3, 0.4) is 0 Å². The fourth-order valence-corrected chi connectivity index (χ4v) is 4.27. The molecule has 5 heterocycles. The van der Waals surface area contributed by atoms with Crippen LogP contribution in [0, 0.1) is 0 Å². The normalized spacial score (nSPS) is 16.1. The second-order valence-electron chi connectivity index (χ2n) is 6.29. The summed E-state index contributed by atoms with van der Waals surface area (Å²) in [6.07, 6.45) is 5.85. The zero-order chi connectivity index (χ0) is 16.6. The lowest BCUT2D eigenvalue weighted by atomic mass is 10.3. The van der Waals surface area contributed by atoms with Crippen LogP contribution in [0.2, 0.25) is 0 Å². The van der Waals surface area contributed by atoms with E-state index in [1.54, 1.807) is 17.7 Å². The van der Waals surface area contributed by atoms with Gasteiger partial charge in [0, 0.05) is 45.1 Å². The molecule has 1 fully saturated rings. The Morgan fingerprint density at radius 3 is 2.84 bits per heavy atom. The van der Waals surface area contributed by atoms with Crippen LogP contribution in [0.4, 0.5) is 5.82 Å². The minimum Gasteiger partial charge on any atom is -0.353 e. The van der Waals surface area contributed by atoms with Crippen molar-refractivity contribution in [1.82, 2.24) is 24.3 Å². The summed E-state index contributed by atoms with van der Waals surface area (Å²) in [5.41, 5.74) is 3.18. The molecule has 1 aliphatic heterocycles. The van der Waals surface area contributed by atoms with Gasteiger partial charge >= 0.3 is 0 Å². The van der Waals surface area contributed by atoms with Gasteiger partial charge in [0.2, 0.25) is 0 Å². The summed E-state index contributed by atoms with van der Waals surface area (Å²) in [7, 11) is 0. The molecule has 0 bridgehead atoms. The molecule has 0 atom stereocenters. The topological polar surface area (TPSA) is 49.6 Å². The summed E-state index contributed by atoms with van der Waals surface area (Å²) in [5.74, 6) is 1.08. The quantitative estimate of drug-likeness (QED) is 0.569. The van der Waals surface area contributed by atoms with E-state index in [0.29, 0.717) is 0 Å². The van der Waals surface area contributed by atoms with Gasteiger partial charge in [0.15, 0.2) is 0 Å². The molecule has 25 heavy (non-hydrogen) atoms. The summed E-state index contributed by atoms with van der Waals surface area (Å²) in [4.78, 5) is 18.4. The first kappa shape index (κ1) is 14.8. The van der Waals surface area contributed by atoms with Gasteiger partial charge < -0.3 is 9.30 Å².